The van der Waals surface area contributed by atoms with Gasteiger partial charge in [-0.15, -0.1) is 0 Å². The molecule has 3 N–H and O–H groups in total. The summed E-state index contributed by atoms with van der Waals surface area (Å²) in [5.41, 5.74) is 0.863. The Labute approximate surface area is 179 Å². The van der Waals surface area contributed by atoms with Crippen LogP contribution in [0.15, 0.2) is 33.7 Å². The van der Waals surface area contributed by atoms with Gasteiger partial charge < -0.3 is 29.6 Å². The number of nitrogens with zero attached hydrogens (tertiary/aromatic N) is 1. The van der Waals surface area contributed by atoms with E-state index in [9.17, 15) is 5.11 Å². The van der Waals surface area contributed by atoms with Gasteiger partial charge in [-0.2, -0.15) is 0 Å². The van der Waals surface area contributed by atoms with Crippen LogP contribution < -0.4 is 20.1 Å². The first-order chi connectivity index (χ1) is 14.3. The van der Waals surface area contributed by atoms with Gasteiger partial charge in [0, 0.05) is 18.7 Å². The van der Waals surface area contributed by atoms with Crippen molar-refractivity contribution in [1.29, 1.82) is 0 Å². The van der Waals surface area contributed by atoms with Crippen LogP contribution >= 0.6 is 0 Å². The molecule has 1 unspecified atom stereocenters. The highest BCUT2D eigenvalue weighted by Crippen LogP contribution is 2.28. The summed E-state index contributed by atoms with van der Waals surface area (Å²) in [5, 5.41) is 17.4. The monoisotopic (exact) mass is 417 g/mol. The second-order valence-electron chi connectivity index (χ2n) is 7.52. The number of guanidine groups is 1. The Bertz CT molecular complexity index is 843. The number of hydrogen-bond donors (Lipinski definition) is 3. The topological polar surface area (TPSA) is 88.3 Å². The van der Waals surface area contributed by atoms with Gasteiger partial charge >= 0.3 is 0 Å². The Morgan fingerprint density at radius 1 is 1.13 bits per heavy atom. The molecule has 7 heteroatoms. The highest BCUT2D eigenvalue weighted by molar-refractivity contribution is 5.79. The lowest BCUT2D eigenvalue weighted by Gasteiger charge is -2.21. The average Bonchev–Trinajstić information content (AvgIpc) is 3.08. The number of aryl methyl sites for hydroxylation is 3. The molecule has 0 fully saturated rings. The summed E-state index contributed by atoms with van der Waals surface area (Å²) in [5.74, 6) is 3.66. The second kappa shape index (κ2) is 10.9. The van der Waals surface area contributed by atoms with Gasteiger partial charge in [-0.05, 0) is 64.3 Å². The lowest BCUT2D eigenvalue weighted by molar-refractivity contribution is 0.0657. The number of aliphatic imine (C=N–C) groups is 1. The predicted octanol–water partition coefficient (Wildman–Crippen LogP) is 3.31. The van der Waals surface area contributed by atoms with Crippen LogP contribution in [0.25, 0.3) is 0 Å². The first-order valence-electron chi connectivity index (χ1n) is 10.3. The van der Waals surface area contributed by atoms with E-state index in [1.165, 1.54) is 5.56 Å². The van der Waals surface area contributed by atoms with Crippen molar-refractivity contribution in [3.63, 3.8) is 0 Å². The molecule has 0 radical (unpaired) electrons. The van der Waals surface area contributed by atoms with Crippen molar-refractivity contribution < 1.29 is 19.0 Å². The normalized spacial score (nSPS) is 13.6. The fourth-order valence-electron chi connectivity index (χ4n) is 3.36. The number of ether oxygens (including phenoxy) is 2. The number of rotatable bonds is 10. The molecule has 1 aromatic heterocycles. The standard InChI is InChI=1S/C23H35N3O4/c1-7-24-22(26-15-23(4,27)19-13-16(2)30-17(19)3)25-12-8-9-18-10-11-20(28-5)21(14-18)29-6/h10-11,13-14,27H,7-9,12,15H2,1-6H3,(H2,24,25,26). The van der Waals surface area contributed by atoms with Gasteiger partial charge in [-0.25, -0.2) is 4.99 Å². The summed E-state index contributed by atoms with van der Waals surface area (Å²) in [6.45, 7) is 9.24. The van der Waals surface area contributed by atoms with Crippen LogP contribution in [0.1, 0.15) is 42.9 Å². The molecule has 166 valence electrons. The van der Waals surface area contributed by atoms with E-state index >= 15 is 0 Å². The quantitative estimate of drug-likeness (QED) is 0.312. The first kappa shape index (κ1) is 23.6. The zero-order chi connectivity index (χ0) is 22.1. The molecule has 0 bridgehead atoms. The molecule has 1 atom stereocenters. The van der Waals surface area contributed by atoms with Crippen molar-refractivity contribution in [1.82, 2.24) is 10.6 Å². The molecule has 2 aromatic rings. The van der Waals surface area contributed by atoms with Crippen LogP contribution in [-0.4, -0.2) is 44.9 Å². The Balaban J connectivity index is 1.91. The molecule has 0 aliphatic carbocycles. The van der Waals surface area contributed by atoms with Crippen molar-refractivity contribution in [2.45, 2.75) is 46.1 Å². The van der Waals surface area contributed by atoms with Gasteiger partial charge in [0.25, 0.3) is 0 Å². The van der Waals surface area contributed by atoms with Crippen molar-refractivity contribution in [2.75, 3.05) is 33.9 Å². The molecule has 0 saturated heterocycles. The van der Waals surface area contributed by atoms with E-state index in [1.54, 1.807) is 21.1 Å². The molecule has 30 heavy (non-hydrogen) atoms. The van der Waals surface area contributed by atoms with Crippen LogP contribution in [0.5, 0.6) is 11.5 Å². The maximum atomic E-state index is 10.9. The Hall–Kier alpha value is -2.67. The third-order valence-electron chi connectivity index (χ3n) is 4.89. The molecule has 0 amide bonds. The molecule has 2 rings (SSSR count). The summed E-state index contributed by atoms with van der Waals surface area (Å²) in [6.07, 6.45) is 1.83. The largest absolute Gasteiger partial charge is 0.493 e. The number of nitrogens with one attached hydrogen (secondary N) is 2. The van der Waals surface area contributed by atoms with Crippen molar-refractivity contribution in [2.24, 2.45) is 4.99 Å². The minimum absolute atomic E-state index is 0.234. The maximum absolute atomic E-state index is 10.9. The molecular weight excluding hydrogens is 382 g/mol. The average molecular weight is 418 g/mol. The minimum Gasteiger partial charge on any atom is -0.493 e. The van der Waals surface area contributed by atoms with E-state index < -0.39 is 5.60 Å². The SMILES string of the molecule is CCNC(=NCC(C)(O)c1cc(C)oc1C)NCCCc1ccc(OC)c(OC)c1. The molecule has 0 aliphatic rings. The zero-order valence-electron chi connectivity index (χ0n) is 19.0. The van der Waals surface area contributed by atoms with Gasteiger partial charge in [-0.1, -0.05) is 6.07 Å². The van der Waals surface area contributed by atoms with Crippen LogP contribution in [-0.2, 0) is 12.0 Å². The minimum atomic E-state index is -1.09. The summed E-state index contributed by atoms with van der Waals surface area (Å²) < 4.78 is 16.2. The molecule has 0 saturated carbocycles. The van der Waals surface area contributed by atoms with Crippen molar-refractivity contribution in [3.05, 3.63) is 46.9 Å². The second-order valence-corrected chi connectivity index (χ2v) is 7.52. The van der Waals surface area contributed by atoms with Crippen LogP contribution in [0.4, 0.5) is 0 Å². The number of aliphatic hydroxyl groups is 1. The van der Waals surface area contributed by atoms with Gasteiger partial charge in [0.15, 0.2) is 17.5 Å². The summed E-state index contributed by atoms with van der Waals surface area (Å²) in [6, 6.07) is 7.85. The number of benzene rings is 1. The molecule has 7 nitrogen and oxygen atoms in total. The number of hydrogen-bond acceptors (Lipinski definition) is 5. The molecule has 0 spiro atoms. The van der Waals surface area contributed by atoms with E-state index in [0.717, 1.165) is 54.5 Å². The Kier molecular flexibility index (Phi) is 8.59. The van der Waals surface area contributed by atoms with Crippen LogP contribution in [0.3, 0.4) is 0 Å². The van der Waals surface area contributed by atoms with E-state index in [1.807, 2.05) is 45.0 Å². The molecule has 0 aliphatic heterocycles. The summed E-state index contributed by atoms with van der Waals surface area (Å²) >= 11 is 0. The fourth-order valence-corrected chi connectivity index (χ4v) is 3.36. The zero-order valence-corrected chi connectivity index (χ0v) is 19.0. The highest BCUT2D eigenvalue weighted by atomic mass is 16.5. The summed E-state index contributed by atoms with van der Waals surface area (Å²) in [4.78, 5) is 4.57. The molecule has 1 aromatic carbocycles. The Morgan fingerprint density at radius 3 is 2.47 bits per heavy atom. The first-order valence-corrected chi connectivity index (χ1v) is 10.3. The van der Waals surface area contributed by atoms with Gasteiger partial charge in [0.2, 0.25) is 0 Å². The lowest BCUT2D eigenvalue weighted by atomic mass is 9.96. The lowest BCUT2D eigenvalue weighted by Crippen LogP contribution is -2.39. The third kappa shape index (κ3) is 6.42. The van der Waals surface area contributed by atoms with E-state index in [0.29, 0.717) is 5.96 Å². The van der Waals surface area contributed by atoms with Gasteiger partial charge in [0.1, 0.15) is 17.1 Å². The van der Waals surface area contributed by atoms with E-state index in [2.05, 4.69) is 15.6 Å². The smallest absolute Gasteiger partial charge is 0.191 e. The maximum Gasteiger partial charge on any atom is 0.191 e. The van der Waals surface area contributed by atoms with Gasteiger partial charge in [-0.3, -0.25) is 0 Å². The molecular formula is C23H35N3O4. The van der Waals surface area contributed by atoms with E-state index in [-0.39, 0.29) is 6.54 Å². The summed E-state index contributed by atoms with van der Waals surface area (Å²) in [7, 11) is 3.28. The number of furan rings is 1. The fraction of sp³-hybridized carbons (Fsp3) is 0.522. The highest BCUT2D eigenvalue weighted by Gasteiger charge is 2.27. The third-order valence-corrected chi connectivity index (χ3v) is 4.89. The van der Waals surface area contributed by atoms with Gasteiger partial charge in [0.05, 0.1) is 20.8 Å². The predicted molar refractivity (Wildman–Crippen MR) is 120 cm³/mol. The Morgan fingerprint density at radius 2 is 1.87 bits per heavy atom. The van der Waals surface area contributed by atoms with Crippen molar-refractivity contribution in [3.8, 4) is 11.5 Å². The van der Waals surface area contributed by atoms with Crippen molar-refractivity contribution >= 4 is 5.96 Å². The van der Waals surface area contributed by atoms with E-state index in [4.69, 9.17) is 13.9 Å². The molecule has 1 heterocycles. The van der Waals surface area contributed by atoms with Crippen LogP contribution in [0.2, 0.25) is 0 Å². The number of methoxy groups -OCH3 is 2. The van der Waals surface area contributed by atoms with Crippen LogP contribution in [0, 0.1) is 13.8 Å².